The number of hydrogen-bond donors (Lipinski definition) is 1. The topological polar surface area (TPSA) is 70.5 Å². The molecule has 0 amide bonds. The summed E-state index contributed by atoms with van der Waals surface area (Å²) in [5, 5.41) is 6.08. The minimum Gasteiger partial charge on any atom is -0.496 e. The Morgan fingerprint density at radius 3 is 2.33 bits per heavy atom. The van der Waals surface area contributed by atoms with E-state index in [1.807, 2.05) is 35.7 Å². The van der Waals surface area contributed by atoms with Crippen molar-refractivity contribution in [3.63, 3.8) is 0 Å². The highest BCUT2D eigenvalue weighted by Gasteiger charge is 2.24. The van der Waals surface area contributed by atoms with E-state index >= 15 is 0 Å². The van der Waals surface area contributed by atoms with Gasteiger partial charge < -0.3 is 19.7 Å². The first-order valence-electron chi connectivity index (χ1n) is 6.26. The van der Waals surface area contributed by atoms with Gasteiger partial charge in [-0.05, 0) is 23.6 Å². The van der Waals surface area contributed by atoms with Crippen molar-refractivity contribution in [2.24, 2.45) is 0 Å². The highest BCUT2D eigenvalue weighted by atomic mass is 32.1. The lowest BCUT2D eigenvalue weighted by atomic mass is 10.0. The summed E-state index contributed by atoms with van der Waals surface area (Å²) in [6, 6.07) is 9.48. The van der Waals surface area contributed by atoms with Crippen LogP contribution >= 0.6 is 11.3 Å². The van der Waals surface area contributed by atoms with Gasteiger partial charge in [0.1, 0.15) is 17.2 Å². The number of nitrogens with two attached hydrogens (primary N) is 1. The molecule has 0 aliphatic heterocycles. The van der Waals surface area contributed by atoms with Gasteiger partial charge in [-0.1, -0.05) is 17.3 Å². The summed E-state index contributed by atoms with van der Waals surface area (Å²) in [7, 11) is 3.21. The van der Waals surface area contributed by atoms with Gasteiger partial charge in [0.15, 0.2) is 0 Å². The van der Waals surface area contributed by atoms with E-state index in [2.05, 4.69) is 5.16 Å². The van der Waals surface area contributed by atoms with E-state index in [1.54, 1.807) is 25.6 Å². The van der Waals surface area contributed by atoms with Crippen LogP contribution in [-0.4, -0.2) is 19.4 Å². The summed E-state index contributed by atoms with van der Waals surface area (Å²) >= 11 is 1.57. The van der Waals surface area contributed by atoms with Crippen LogP contribution in [0.1, 0.15) is 0 Å². The van der Waals surface area contributed by atoms with Crippen LogP contribution < -0.4 is 15.2 Å². The molecule has 0 saturated carbocycles. The second-order valence-electron chi connectivity index (χ2n) is 4.29. The summed E-state index contributed by atoms with van der Waals surface area (Å²) in [5.41, 5.74) is 8.05. The number of ether oxygens (including phenoxy) is 2. The maximum atomic E-state index is 5.95. The van der Waals surface area contributed by atoms with Crippen molar-refractivity contribution in [1.29, 1.82) is 0 Å². The lowest BCUT2D eigenvalue weighted by Gasteiger charge is -2.11. The molecule has 5 nitrogen and oxygen atoms in total. The molecule has 0 fully saturated rings. The Bertz CT molecular complexity index is 728. The number of benzene rings is 1. The molecule has 2 N–H and O–H groups in total. The molecule has 0 unspecified atom stereocenters. The molecule has 0 aliphatic carbocycles. The fourth-order valence-corrected chi connectivity index (χ4v) is 2.99. The first-order chi connectivity index (χ1) is 10.3. The molecule has 0 atom stereocenters. The summed E-state index contributed by atoms with van der Waals surface area (Å²) < 4.78 is 16.0. The third-order valence-electron chi connectivity index (χ3n) is 3.15. The van der Waals surface area contributed by atoms with Crippen LogP contribution in [0.2, 0.25) is 0 Å². The predicted molar refractivity (Wildman–Crippen MR) is 82.8 cm³/mol. The molecule has 6 heteroatoms. The number of thiophene rings is 1. The minimum atomic E-state index is 0.278. The highest BCUT2D eigenvalue weighted by molar-refractivity contribution is 7.13. The molecule has 0 bridgehead atoms. The van der Waals surface area contributed by atoms with E-state index in [4.69, 9.17) is 19.7 Å². The summed E-state index contributed by atoms with van der Waals surface area (Å²) in [6.07, 6.45) is 0. The number of anilines is 1. The second-order valence-corrected chi connectivity index (χ2v) is 5.23. The van der Waals surface area contributed by atoms with Crippen LogP contribution in [0.15, 0.2) is 40.2 Å². The normalized spacial score (nSPS) is 10.6. The number of nitrogen functional groups attached to an aromatic ring is 1. The van der Waals surface area contributed by atoms with Gasteiger partial charge in [0.05, 0.1) is 25.3 Å². The summed E-state index contributed by atoms with van der Waals surface area (Å²) in [4.78, 5) is 0.983. The second kappa shape index (κ2) is 5.49. The van der Waals surface area contributed by atoms with Crippen molar-refractivity contribution < 1.29 is 14.0 Å². The summed E-state index contributed by atoms with van der Waals surface area (Å²) in [5.74, 6) is 1.58. The van der Waals surface area contributed by atoms with Gasteiger partial charge in [-0.15, -0.1) is 11.3 Å². The number of nitrogens with zero attached hydrogens (tertiary/aromatic N) is 1. The third-order valence-corrected chi connectivity index (χ3v) is 4.04. The maximum absolute atomic E-state index is 5.95. The van der Waals surface area contributed by atoms with E-state index in [1.165, 1.54) is 0 Å². The predicted octanol–water partition coefficient (Wildman–Crippen LogP) is 3.67. The van der Waals surface area contributed by atoms with Gasteiger partial charge in [-0.25, -0.2) is 0 Å². The van der Waals surface area contributed by atoms with Gasteiger partial charge >= 0.3 is 0 Å². The Kier molecular flexibility index (Phi) is 3.53. The van der Waals surface area contributed by atoms with Crippen molar-refractivity contribution in [2.75, 3.05) is 20.0 Å². The minimum absolute atomic E-state index is 0.278. The van der Waals surface area contributed by atoms with Crippen molar-refractivity contribution in [3.05, 3.63) is 35.7 Å². The zero-order valence-corrected chi connectivity index (χ0v) is 12.4. The lowest BCUT2D eigenvalue weighted by Crippen LogP contribution is -1.94. The van der Waals surface area contributed by atoms with Crippen LogP contribution in [0.25, 0.3) is 21.7 Å². The Labute approximate surface area is 125 Å². The fraction of sp³-hybridized carbons (Fsp3) is 0.133. The van der Waals surface area contributed by atoms with Gasteiger partial charge in [0.2, 0.25) is 5.88 Å². The van der Waals surface area contributed by atoms with E-state index in [0.29, 0.717) is 17.2 Å². The molecule has 2 heterocycles. The molecular weight excluding hydrogens is 288 g/mol. The number of rotatable bonds is 4. The molecule has 1 aromatic carbocycles. The van der Waals surface area contributed by atoms with Crippen LogP contribution in [0.4, 0.5) is 5.88 Å². The first kappa shape index (κ1) is 13.5. The zero-order valence-electron chi connectivity index (χ0n) is 11.6. The van der Waals surface area contributed by atoms with Gasteiger partial charge in [-0.3, -0.25) is 0 Å². The van der Waals surface area contributed by atoms with Crippen LogP contribution in [0.5, 0.6) is 11.5 Å². The average molecular weight is 302 g/mol. The number of hydrogen-bond acceptors (Lipinski definition) is 6. The molecular formula is C15H14N2O3S. The lowest BCUT2D eigenvalue weighted by molar-refractivity contribution is 0.395. The largest absolute Gasteiger partial charge is 0.496 e. The fourth-order valence-electron chi connectivity index (χ4n) is 2.22. The van der Waals surface area contributed by atoms with Crippen molar-refractivity contribution in [1.82, 2.24) is 5.16 Å². The Morgan fingerprint density at radius 1 is 1.05 bits per heavy atom. The molecule has 3 rings (SSSR count). The number of methoxy groups -OCH3 is 2. The molecule has 2 aromatic heterocycles. The Balaban J connectivity index is 2.28. The van der Waals surface area contributed by atoms with Crippen LogP contribution in [-0.2, 0) is 0 Å². The third kappa shape index (κ3) is 2.23. The van der Waals surface area contributed by atoms with E-state index in [-0.39, 0.29) is 5.88 Å². The van der Waals surface area contributed by atoms with E-state index in [9.17, 15) is 0 Å². The van der Waals surface area contributed by atoms with Crippen LogP contribution in [0.3, 0.4) is 0 Å². The molecule has 0 spiro atoms. The van der Waals surface area contributed by atoms with Gasteiger partial charge in [0, 0.05) is 4.88 Å². The molecule has 0 radical (unpaired) electrons. The van der Waals surface area contributed by atoms with E-state index in [0.717, 1.165) is 16.0 Å². The smallest absolute Gasteiger partial charge is 0.231 e. The molecule has 0 aliphatic rings. The monoisotopic (exact) mass is 302 g/mol. The highest BCUT2D eigenvalue weighted by Crippen LogP contribution is 2.45. The maximum Gasteiger partial charge on any atom is 0.231 e. The summed E-state index contributed by atoms with van der Waals surface area (Å²) in [6.45, 7) is 0. The van der Waals surface area contributed by atoms with Crippen molar-refractivity contribution in [3.8, 4) is 33.2 Å². The standard InChI is InChI=1S/C15H14N2O3S/c1-18-9-5-3-6-10(19-2)12(9)14-13(15(16)20-17-14)11-7-4-8-21-11/h3-8H,16H2,1-2H3. The first-order valence-corrected chi connectivity index (χ1v) is 7.14. The zero-order chi connectivity index (χ0) is 14.8. The molecule has 3 aromatic rings. The SMILES string of the molecule is COc1cccc(OC)c1-c1noc(N)c1-c1cccs1. The Morgan fingerprint density at radius 2 is 1.76 bits per heavy atom. The van der Waals surface area contributed by atoms with E-state index < -0.39 is 0 Å². The quantitative estimate of drug-likeness (QED) is 0.796. The van der Waals surface area contributed by atoms with Gasteiger partial charge in [0.25, 0.3) is 0 Å². The number of aromatic nitrogens is 1. The van der Waals surface area contributed by atoms with Gasteiger partial charge in [-0.2, -0.15) is 0 Å². The van der Waals surface area contributed by atoms with Crippen LogP contribution in [0, 0.1) is 0 Å². The average Bonchev–Trinajstić information content (AvgIpc) is 3.15. The van der Waals surface area contributed by atoms with Crippen molar-refractivity contribution in [2.45, 2.75) is 0 Å². The van der Waals surface area contributed by atoms with Crippen molar-refractivity contribution >= 4 is 17.2 Å². The molecule has 21 heavy (non-hydrogen) atoms. The molecule has 108 valence electrons. The Hall–Kier alpha value is -2.47. The molecule has 0 saturated heterocycles.